The van der Waals surface area contributed by atoms with Crippen LogP contribution in [0, 0.1) is 11.8 Å². The van der Waals surface area contributed by atoms with Gasteiger partial charge in [0.1, 0.15) is 0 Å². The number of para-hydroxylation sites is 1. The summed E-state index contributed by atoms with van der Waals surface area (Å²) in [6.45, 7) is 5.21. The van der Waals surface area contributed by atoms with Gasteiger partial charge >= 0.3 is 0 Å². The van der Waals surface area contributed by atoms with Gasteiger partial charge in [-0.2, -0.15) is 4.31 Å². The van der Waals surface area contributed by atoms with Gasteiger partial charge in [-0.3, -0.25) is 10.1 Å². The second-order valence-corrected chi connectivity index (χ2v) is 11.7. The highest BCUT2D eigenvalue weighted by atomic mass is 79.9. The normalized spacial score (nSPS) is 20.4. The lowest BCUT2D eigenvalue weighted by atomic mass is 9.94. The molecule has 1 aromatic heterocycles. The first-order valence-corrected chi connectivity index (χ1v) is 12.8. The van der Waals surface area contributed by atoms with E-state index in [1.807, 2.05) is 18.2 Å². The molecule has 2 aromatic carbocycles. The molecule has 158 valence electrons. The number of amides is 1. The third-order valence-electron chi connectivity index (χ3n) is 5.18. The van der Waals surface area contributed by atoms with Crippen LogP contribution < -0.4 is 5.32 Å². The first-order valence-electron chi connectivity index (χ1n) is 9.70. The number of anilines is 1. The molecule has 0 spiro atoms. The van der Waals surface area contributed by atoms with Crippen LogP contribution in [0.1, 0.15) is 30.6 Å². The fraction of sp³-hybridized carbons (Fsp3) is 0.333. The summed E-state index contributed by atoms with van der Waals surface area (Å²) in [5.41, 5.74) is 1.18. The van der Waals surface area contributed by atoms with Gasteiger partial charge in [0, 0.05) is 23.1 Å². The number of hydrogen-bond donors (Lipinski definition) is 1. The van der Waals surface area contributed by atoms with Crippen molar-refractivity contribution < 1.29 is 13.2 Å². The van der Waals surface area contributed by atoms with Gasteiger partial charge in [-0.15, -0.1) is 0 Å². The Morgan fingerprint density at radius 1 is 1.13 bits per heavy atom. The van der Waals surface area contributed by atoms with E-state index in [9.17, 15) is 13.2 Å². The van der Waals surface area contributed by atoms with Gasteiger partial charge < -0.3 is 0 Å². The molecule has 2 heterocycles. The molecule has 0 aliphatic carbocycles. The maximum absolute atomic E-state index is 13.0. The Balaban J connectivity index is 1.51. The van der Waals surface area contributed by atoms with Crippen molar-refractivity contribution in [3.05, 3.63) is 52.5 Å². The molecule has 0 radical (unpaired) electrons. The first kappa shape index (κ1) is 21.4. The molecular weight excluding hydrogens is 486 g/mol. The standard InChI is InChI=1S/C21H22BrN3O3S2/c1-13-10-14(2)12-25(11-13)30(27,28)16-8-6-15(7-9-16)20(26)24-21-23-19-17(22)4-3-5-18(19)29-21/h3-9,13-14H,10-12H2,1-2H3,(H,23,24,26). The Morgan fingerprint density at radius 2 is 1.80 bits per heavy atom. The van der Waals surface area contributed by atoms with E-state index in [1.165, 1.54) is 23.5 Å². The lowest BCUT2D eigenvalue weighted by Gasteiger charge is -2.34. The molecule has 9 heteroatoms. The molecule has 0 saturated carbocycles. The molecule has 1 amide bonds. The number of carbonyl (C=O) groups excluding carboxylic acids is 1. The summed E-state index contributed by atoms with van der Waals surface area (Å²) >= 11 is 4.84. The number of nitrogens with one attached hydrogen (secondary N) is 1. The highest BCUT2D eigenvalue weighted by molar-refractivity contribution is 9.10. The Morgan fingerprint density at radius 3 is 2.43 bits per heavy atom. The minimum absolute atomic E-state index is 0.212. The lowest BCUT2D eigenvalue weighted by Crippen LogP contribution is -2.42. The molecule has 4 rings (SSSR count). The lowest BCUT2D eigenvalue weighted by molar-refractivity contribution is 0.102. The summed E-state index contributed by atoms with van der Waals surface area (Å²) in [6.07, 6.45) is 1.04. The number of carbonyl (C=O) groups is 1. The summed E-state index contributed by atoms with van der Waals surface area (Å²) in [5, 5.41) is 3.29. The zero-order valence-electron chi connectivity index (χ0n) is 16.6. The SMILES string of the molecule is CC1CC(C)CN(S(=O)(=O)c2ccc(C(=O)Nc3nc4c(Br)cccc4s3)cc2)C1. The molecule has 3 aromatic rings. The molecule has 1 aliphatic heterocycles. The van der Waals surface area contributed by atoms with Crippen LogP contribution in [0.25, 0.3) is 10.2 Å². The minimum atomic E-state index is -3.57. The molecule has 2 atom stereocenters. The number of sulfonamides is 1. The molecule has 2 unspecified atom stereocenters. The third-order valence-corrected chi connectivity index (χ3v) is 8.60. The van der Waals surface area contributed by atoms with Gasteiger partial charge in [0.25, 0.3) is 5.91 Å². The number of thiazole rings is 1. The monoisotopic (exact) mass is 507 g/mol. The average Bonchev–Trinajstić information content (AvgIpc) is 3.11. The number of fused-ring (bicyclic) bond motifs is 1. The van der Waals surface area contributed by atoms with Crippen molar-refractivity contribution >= 4 is 58.5 Å². The van der Waals surface area contributed by atoms with Gasteiger partial charge in [0.2, 0.25) is 10.0 Å². The predicted octanol–water partition coefficient (Wildman–Crippen LogP) is 4.98. The second kappa shape index (κ2) is 8.37. The van der Waals surface area contributed by atoms with Crippen molar-refractivity contribution in [2.24, 2.45) is 11.8 Å². The number of piperidine rings is 1. The number of aromatic nitrogens is 1. The van der Waals surface area contributed by atoms with Crippen molar-refractivity contribution in [2.75, 3.05) is 18.4 Å². The van der Waals surface area contributed by atoms with Crippen LogP contribution in [0.3, 0.4) is 0 Å². The van der Waals surface area contributed by atoms with Gasteiger partial charge in [0.05, 0.1) is 15.1 Å². The van der Waals surface area contributed by atoms with Crippen LogP contribution >= 0.6 is 27.3 Å². The van der Waals surface area contributed by atoms with E-state index >= 15 is 0 Å². The van der Waals surface area contributed by atoms with Crippen LogP contribution in [0.2, 0.25) is 0 Å². The number of nitrogens with zero attached hydrogens (tertiary/aromatic N) is 2. The van der Waals surface area contributed by atoms with Crippen molar-refractivity contribution in [2.45, 2.75) is 25.2 Å². The highest BCUT2D eigenvalue weighted by Gasteiger charge is 2.31. The van der Waals surface area contributed by atoms with Crippen molar-refractivity contribution in [1.82, 2.24) is 9.29 Å². The molecular formula is C21H22BrN3O3S2. The molecule has 1 saturated heterocycles. The van der Waals surface area contributed by atoms with Crippen LogP contribution in [0.4, 0.5) is 5.13 Å². The van der Waals surface area contributed by atoms with E-state index in [0.717, 1.165) is 21.1 Å². The fourth-order valence-electron chi connectivity index (χ4n) is 3.87. The molecule has 0 bridgehead atoms. The molecule has 30 heavy (non-hydrogen) atoms. The van der Waals surface area contributed by atoms with Crippen LogP contribution in [0.5, 0.6) is 0 Å². The van der Waals surface area contributed by atoms with E-state index < -0.39 is 10.0 Å². The second-order valence-electron chi connectivity index (χ2n) is 7.85. The summed E-state index contributed by atoms with van der Waals surface area (Å²) in [6, 6.07) is 11.8. The summed E-state index contributed by atoms with van der Waals surface area (Å²) < 4.78 is 29.4. The van der Waals surface area contributed by atoms with Gasteiger partial charge in [-0.05, 0) is 70.6 Å². The van der Waals surface area contributed by atoms with Gasteiger partial charge in [-0.1, -0.05) is 31.3 Å². The Kier molecular flexibility index (Phi) is 5.98. The smallest absolute Gasteiger partial charge is 0.257 e. The van der Waals surface area contributed by atoms with E-state index in [0.29, 0.717) is 35.6 Å². The van der Waals surface area contributed by atoms with Crippen LogP contribution in [-0.2, 0) is 10.0 Å². The largest absolute Gasteiger partial charge is 0.298 e. The van der Waals surface area contributed by atoms with E-state index in [-0.39, 0.29) is 10.8 Å². The predicted molar refractivity (Wildman–Crippen MR) is 123 cm³/mol. The molecule has 1 aliphatic rings. The third kappa shape index (κ3) is 4.30. The van der Waals surface area contributed by atoms with Gasteiger partial charge in [-0.25, -0.2) is 13.4 Å². The molecule has 6 nitrogen and oxygen atoms in total. The van der Waals surface area contributed by atoms with E-state index in [4.69, 9.17) is 0 Å². The van der Waals surface area contributed by atoms with Crippen molar-refractivity contribution in [3.8, 4) is 0 Å². The van der Waals surface area contributed by atoms with Crippen molar-refractivity contribution in [3.63, 3.8) is 0 Å². The minimum Gasteiger partial charge on any atom is -0.298 e. The zero-order chi connectivity index (χ0) is 21.5. The Hall–Kier alpha value is -1.81. The first-order chi connectivity index (χ1) is 14.2. The Labute approximate surface area is 188 Å². The Bertz CT molecular complexity index is 1180. The van der Waals surface area contributed by atoms with Gasteiger partial charge in [0.15, 0.2) is 5.13 Å². The topological polar surface area (TPSA) is 79.4 Å². The zero-order valence-corrected chi connectivity index (χ0v) is 19.9. The molecule has 1 N–H and O–H groups in total. The van der Waals surface area contributed by atoms with Crippen molar-refractivity contribution in [1.29, 1.82) is 0 Å². The number of halogens is 1. The maximum Gasteiger partial charge on any atom is 0.257 e. The summed E-state index contributed by atoms with van der Waals surface area (Å²) in [7, 11) is -3.57. The summed E-state index contributed by atoms with van der Waals surface area (Å²) in [5.74, 6) is 0.346. The average molecular weight is 508 g/mol. The van der Waals surface area contributed by atoms with Crippen LogP contribution in [0.15, 0.2) is 51.8 Å². The fourth-order valence-corrected chi connectivity index (χ4v) is 7.02. The van der Waals surface area contributed by atoms with E-state index in [2.05, 4.69) is 40.1 Å². The maximum atomic E-state index is 13.0. The summed E-state index contributed by atoms with van der Waals surface area (Å²) in [4.78, 5) is 17.3. The number of hydrogen-bond acceptors (Lipinski definition) is 5. The molecule has 1 fully saturated rings. The van der Waals surface area contributed by atoms with Crippen LogP contribution in [-0.4, -0.2) is 36.7 Å². The highest BCUT2D eigenvalue weighted by Crippen LogP contribution is 2.31. The number of benzene rings is 2. The number of rotatable bonds is 4. The van der Waals surface area contributed by atoms with E-state index in [1.54, 1.807) is 16.4 Å². The quantitative estimate of drug-likeness (QED) is 0.539.